The molecule has 1 amide bonds. The Morgan fingerprint density at radius 1 is 1.37 bits per heavy atom. The van der Waals surface area contributed by atoms with Crippen LogP contribution in [0.15, 0.2) is 24.7 Å². The van der Waals surface area contributed by atoms with Gasteiger partial charge >= 0.3 is 0 Å². The van der Waals surface area contributed by atoms with Gasteiger partial charge in [-0.15, -0.1) is 0 Å². The molecular formula is C12H11N5O2. The zero-order chi connectivity index (χ0) is 13.2. The number of hydrogen-bond donors (Lipinski definition) is 2. The maximum atomic E-state index is 11.2. The van der Waals surface area contributed by atoms with Crippen molar-refractivity contribution in [1.82, 2.24) is 15.0 Å². The van der Waals surface area contributed by atoms with Crippen LogP contribution in [0.3, 0.4) is 0 Å². The number of aromatic nitrogens is 3. The van der Waals surface area contributed by atoms with E-state index in [9.17, 15) is 4.79 Å². The number of hydrogen-bond acceptors (Lipinski definition) is 6. The Morgan fingerprint density at radius 2 is 2.26 bits per heavy atom. The van der Waals surface area contributed by atoms with Gasteiger partial charge in [0.25, 0.3) is 5.91 Å². The summed E-state index contributed by atoms with van der Waals surface area (Å²) >= 11 is 0. The summed E-state index contributed by atoms with van der Waals surface area (Å²) in [6, 6.07) is 3.71. The van der Waals surface area contributed by atoms with Gasteiger partial charge in [-0.2, -0.15) is 0 Å². The Kier molecular flexibility index (Phi) is 2.71. The number of nitrogens with one attached hydrogen (secondary N) is 2. The van der Waals surface area contributed by atoms with Crippen LogP contribution >= 0.6 is 0 Å². The molecule has 2 N–H and O–H groups in total. The van der Waals surface area contributed by atoms with Gasteiger partial charge in [0.15, 0.2) is 18.2 Å². The fourth-order valence-electron chi connectivity index (χ4n) is 1.74. The van der Waals surface area contributed by atoms with E-state index >= 15 is 0 Å². The minimum absolute atomic E-state index is 0.0406. The highest BCUT2D eigenvalue weighted by Crippen LogP contribution is 2.33. The first-order chi connectivity index (χ1) is 9.24. The van der Waals surface area contributed by atoms with Gasteiger partial charge in [-0.3, -0.25) is 9.78 Å². The van der Waals surface area contributed by atoms with Crippen molar-refractivity contribution in [3.63, 3.8) is 0 Å². The van der Waals surface area contributed by atoms with E-state index in [2.05, 4.69) is 25.6 Å². The number of aryl methyl sites for hydroxylation is 1. The first kappa shape index (κ1) is 11.4. The lowest BCUT2D eigenvalue weighted by Crippen LogP contribution is -2.26. The van der Waals surface area contributed by atoms with Crippen LogP contribution in [0.5, 0.6) is 5.75 Å². The van der Waals surface area contributed by atoms with E-state index in [0.717, 1.165) is 11.4 Å². The largest absolute Gasteiger partial charge is 0.476 e. The Labute approximate surface area is 109 Å². The molecule has 0 unspecified atom stereocenters. The van der Waals surface area contributed by atoms with Gasteiger partial charge in [-0.1, -0.05) is 0 Å². The summed E-state index contributed by atoms with van der Waals surface area (Å²) in [5.74, 6) is 1.08. The average molecular weight is 257 g/mol. The first-order valence-electron chi connectivity index (χ1n) is 5.70. The van der Waals surface area contributed by atoms with Crippen molar-refractivity contribution in [2.45, 2.75) is 6.92 Å². The third-order valence-corrected chi connectivity index (χ3v) is 2.67. The van der Waals surface area contributed by atoms with Gasteiger partial charge in [0.2, 0.25) is 5.75 Å². The normalized spacial score (nSPS) is 13.2. The molecule has 96 valence electrons. The van der Waals surface area contributed by atoms with Crippen molar-refractivity contribution in [2.75, 3.05) is 17.2 Å². The van der Waals surface area contributed by atoms with Crippen LogP contribution in [0.1, 0.15) is 5.69 Å². The molecule has 0 aliphatic carbocycles. The van der Waals surface area contributed by atoms with Crippen molar-refractivity contribution in [1.29, 1.82) is 0 Å². The van der Waals surface area contributed by atoms with Gasteiger partial charge in [0.1, 0.15) is 6.33 Å². The zero-order valence-corrected chi connectivity index (χ0v) is 10.2. The van der Waals surface area contributed by atoms with Crippen LogP contribution in [-0.4, -0.2) is 27.5 Å². The highest BCUT2D eigenvalue weighted by atomic mass is 16.5. The van der Waals surface area contributed by atoms with E-state index < -0.39 is 0 Å². The van der Waals surface area contributed by atoms with Crippen LogP contribution in [-0.2, 0) is 4.79 Å². The summed E-state index contributed by atoms with van der Waals surface area (Å²) < 4.78 is 5.36. The second-order valence-electron chi connectivity index (χ2n) is 4.00. The predicted octanol–water partition coefficient (Wildman–Crippen LogP) is 1.25. The van der Waals surface area contributed by atoms with E-state index in [-0.39, 0.29) is 12.5 Å². The molecule has 0 atom stereocenters. The van der Waals surface area contributed by atoms with Crippen molar-refractivity contribution in [2.24, 2.45) is 0 Å². The standard InChI is InChI=1S/C12H11N5O2/c1-7-8(3-2-4-13-7)16-11-10-12(15-6-14-11)17-9(18)5-19-10/h2-4,6H,5H2,1H3,(H2,14,15,16,17,18). The van der Waals surface area contributed by atoms with Crippen LogP contribution in [0.4, 0.5) is 17.3 Å². The Morgan fingerprint density at radius 3 is 3.11 bits per heavy atom. The number of carbonyl (C=O) groups is 1. The lowest BCUT2D eigenvalue weighted by Gasteiger charge is -2.19. The third-order valence-electron chi connectivity index (χ3n) is 2.67. The number of amides is 1. The van der Waals surface area contributed by atoms with E-state index in [1.165, 1.54) is 6.33 Å². The summed E-state index contributed by atoms with van der Waals surface area (Å²) in [4.78, 5) is 23.5. The highest BCUT2D eigenvalue weighted by Gasteiger charge is 2.21. The van der Waals surface area contributed by atoms with Gasteiger partial charge in [0.05, 0.1) is 11.4 Å². The minimum Gasteiger partial charge on any atom is -0.476 e. The van der Waals surface area contributed by atoms with E-state index in [4.69, 9.17) is 4.74 Å². The Bertz CT molecular complexity index is 644. The lowest BCUT2D eigenvalue weighted by atomic mass is 10.3. The number of fused-ring (bicyclic) bond motifs is 1. The molecule has 7 heteroatoms. The number of anilines is 3. The molecular weight excluding hydrogens is 246 g/mol. The molecule has 1 aliphatic heterocycles. The molecule has 2 aromatic heterocycles. The summed E-state index contributed by atoms with van der Waals surface area (Å²) in [5.41, 5.74) is 1.67. The summed E-state index contributed by atoms with van der Waals surface area (Å²) in [5, 5.41) is 5.76. The second-order valence-corrected chi connectivity index (χ2v) is 4.00. The van der Waals surface area contributed by atoms with Crippen molar-refractivity contribution < 1.29 is 9.53 Å². The second kappa shape index (κ2) is 4.52. The Balaban J connectivity index is 1.96. The molecule has 0 radical (unpaired) electrons. The van der Waals surface area contributed by atoms with Gasteiger partial charge in [0, 0.05) is 6.20 Å². The maximum Gasteiger partial charge on any atom is 0.263 e. The monoisotopic (exact) mass is 257 g/mol. The van der Waals surface area contributed by atoms with E-state index in [1.807, 2.05) is 19.1 Å². The molecule has 0 saturated heterocycles. The molecule has 3 heterocycles. The van der Waals surface area contributed by atoms with Gasteiger partial charge < -0.3 is 15.4 Å². The number of carbonyl (C=O) groups excluding carboxylic acids is 1. The topological polar surface area (TPSA) is 89.0 Å². The Hall–Kier alpha value is -2.70. The SMILES string of the molecule is Cc1ncccc1Nc1ncnc2c1OCC(=O)N2. The number of nitrogens with zero attached hydrogens (tertiary/aromatic N) is 3. The minimum atomic E-state index is -0.227. The quantitative estimate of drug-likeness (QED) is 0.841. The molecule has 7 nitrogen and oxygen atoms in total. The molecule has 0 spiro atoms. The fourth-order valence-corrected chi connectivity index (χ4v) is 1.74. The summed E-state index contributed by atoms with van der Waals surface area (Å²) in [7, 11) is 0. The molecule has 0 aromatic carbocycles. The van der Waals surface area contributed by atoms with Crippen molar-refractivity contribution in [3.8, 4) is 5.75 Å². The van der Waals surface area contributed by atoms with Crippen molar-refractivity contribution in [3.05, 3.63) is 30.4 Å². The van der Waals surface area contributed by atoms with E-state index in [1.54, 1.807) is 6.20 Å². The van der Waals surface area contributed by atoms with Crippen LogP contribution in [0.25, 0.3) is 0 Å². The average Bonchev–Trinajstić information content (AvgIpc) is 2.41. The lowest BCUT2D eigenvalue weighted by molar-refractivity contribution is -0.118. The molecule has 0 saturated carbocycles. The predicted molar refractivity (Wildman–Crippen MR) is 68.4 cm³/mol. The molecule has 1 aliphatic rings. The molecule has 0 fully saturated rings. The van der Waals surface area contributed by atoms with Crippen LogP contribution < -0.4 is 15.4 Å². The summed E-state index contributed by atoms with van der Waals surface area (Å²) in [6.45, 7) is 1.85. The molecule has 0 bridgehead atoms. The third kappa shape index (κ3) is 2.17. The molecule has 19 heavy (non-hydrogen) atoms. The van der Waals surface area contributed by atoms with E-state index in [0.29, 0.717) is 17.4 Å². The molecule has 2 aromatic rings. The maximum absolute atomic E-state index is 11.2. The smallest absolute Gasteiger partial charge is 0.263 e. The number of ether oxygens (including phenoxy) is 1. The van der Waals surface area contributed by atoms with Crippen molar-refractivity contribution >= 4 is 23.2 Å². The fraction of sp³-hybridized carbons (Fsp3) is 0.167. The van der Waals surface area contributed by atoms with Crippen LogP contribution in [0.2, 0.25) is 0 Å². The summed E-state index contributed by atoms with van der Waals surface area (Å²) in [6.07, 6.45) is 3.08. The highest BCUT2D eigenvalue weighted by molar-refractivity contribution is 5.95. The number of pyridine rings is 1. The zero-order valence-electron chi connectivity index (χ0n) is 10.2. The molecule has 3 rings (SSSR count). The van der Waals surface area contributed by atoms with Gasteiger partial charge in [-0.05, 0) is 19.1 Å². The number of rotatable bonds is 2. The van der Waals surface area contributed by atoms with Gasteiger partial charge in [-0.25, -0.2) is 9.97 Å². The van der Waals surface area contributed by atoms with Crippen LogP contribution in [0, 0.1) is 6.92 Å². The first-order valence-corrected chi connectivity index (χ1v) is 5.70.